The van der Waals surface area contributed by atoms with Gasteiger partial charge >= 0.3 is 5.97 Å². The van der Waals surface area contributed by atoms with E-state index in [0.717, 1.165) is 31.2 Å². The summed E-state index contributed by atoms with van der Waals surface area (Å²) in [6.45, 7) is 2.45. The van der Waals surface area contributed by atoms with Crippen molar-refractivity contribution in [3.05, 3.63) is 59.4 Å². The van der Waals surface area contributed by atoms with Crippen LogP contribution in [-0.4, -0.2) is 42.8 Å². The van der Waals surface area contributed by atoms with Crippen molar-refractivity contribution in [2.24, 2.45) is 0 Å². The number of pyridine rings is 1. The van der Waals surface area contributed by atoms with Crippen molar-refractivity contribution in [3.8, 4) is 0 Å². The summed E-state index contributed by atoms with van der Waals surface area (Å²) in [5.41, 5.74) is -0.248. The maximum atomic E-state index is 12.4. The van der Waals surface area contributed by atoms with Crippen LogP contribution in [0.1, 0.15) is 51.0 Å². The Morgan fingerprint density at radius 1 is 1.07 bits per heavy atom. The molecule has 0 saturated heterocycles. The van der Waals surface area contributed by atoms with Gasteiger partial charge in [0.1, 0.15) is 5.69 Å². The molecular formula is C18H19N3O6S. The van der Waals surface area contributed by atoms with Crippen LogP contribution in [0.15, 0.2) is 47.5 Å². The number of aromatic carboxylic acids is 1. The molecule has 9 nitrogen and oxygen atoms in total. The second kappa shape index (κ2) is 9.09. The molecule has 1 aromatic carbocycles. The second-order valence-electron chi connectivity index (χ2n) is 5.81. The SMILES string of the molecule is CCCCNC(=O)c1cccc(S(=O)(=O)NC(=O)c2ccc(C(=O)O)nc2)c1. The number of benzene rings is 1. The van der Waals surface area contributed by atoms with Gasteiger partial charge in [0.15, 0.2) is 0 Å². The first-order valence-corrected chi connectivity index (χ1v) is 9.87. The van der Waals surface area contributed by atoms with Crippen molar-refractivity contribution in [2.75, 3.05) is 6.54 Å². The average molecular weight is 405 g/mol. The Balaban J connectivity index is 2.15. The minimum Gasteiger partial charge on any atom is -0.477 e. The van der Waals surface area contributed by atoms with Gasteiger partial charge in [-0.25, -0.2) is 22.9 Å². The van der Waals surface area contributed by atoms with Crippen LogP contribution in [0.3, 0.4) is 0 Å². The van der Waals surface area contributed by atoms with Gasteiger partial charge < -0.3 is 10.4 Å². The van der Waals surface area contributed by atoms with Gasteiger partial charge in [0.2, 0.25) is 0 Å². The van der Waals surface area contributed by atoms with Gasteiger partial charge in [0, 0.05) is 18.3 Å². The van der Waals surface area contributed by atoms with E-state index in [-0.39, 0.29) is 21.7 Å². The average Bonchev–Trinajstić information content (AvgIpc) is 2.68. The number of carbonyl (C=O) groups is 3. The number of carboxylic acid groups (broad SMARTS) is 1. The number of nitrogens with one attached hydrogen (secondary N) is 2. The molecule has 1 heterocycles. The molecule has 10 heteroatoms. The van der Waals surface area contributed by atoms with Gasteiger partial charge in [-0.2, -0.15) is 0 Å². The topological polar surface area (TPSA) is 143 Å². The first-order chi connectivity index (χ1) is 13.2. The molecule has 0 atom stereocenters. The Labute approximate surface area is 161 Å². The Morgan fingerprint density at radius 2 is 1.82 bits per heavy atom. The van der Waals surface area contributed by atoms with Gasteiger partial charge in [-0.05, 0) is 36.8 Å². The molecule has 28 heavy (non-hydrogen) atoms. The van der Waals surface area contributed by atoms with E-state index in [2.05, 4.69) is 10.3 Å². The number of carbonyl (C=O) groups excluding carboxylic acids is 2. The Morgan fingerprint density at radius 3 is 2.43 bits per heavy atom. The minimum absolute atomic E-state index is 0.123. The van der Waals surface area contributed by atoms with Crippen LogP contribution in [-0.2, 0) is 10.0 Å². The maximum Gasteiger partial charge on any atom is 0.354 e. The molecule has 1 aromatic heterocycles. The summed E-state index contributed by atoms with van der Waals surface area (Å²) in [5, 5.41) is 11.5. The van der Waals surface area contributed by atoms with Crippen molar-refractivity contribution in [3.63, 3.8) is 0 Å². The zero-order valence-corrected chi connectivity index (χ0v) is 15.8. The van der Waals surface area contributed by atoms with Crippen LogP contribution < -0.4 is 10.0 Å². The Bertz CT molecular complexity index is 987. The van der Waals surface area contributed by atoms with E-state index in [1.54, 1.807) is 0 Å². The highest BCUT2D eigenvalue weighted by Gasteiger charge is 2.20. The molecule has 0 unspecified atom stereocenters. The summed E-state index contributed by atoms with van der Waals surface area (Å²) >= 11 is 0. The van der Waals surface area contributed by atoms with Gasteiger partial charge in [-0.15, -0.1) is 0 Å². The van der Waals surface area contributed by atoms with Crippen molar-refractivity contribution < 1.29 is 27.9 Å². The zero-order chi connectivity index (χ0) is 20.7. The van der Waals surface area contributed by atoms with Crippen LogP contribution in [0.25, 0.3) is 0 Å². The molecule has 0 bridgehead atoms. The first kappa shape index (κ1) is 21.0. The summed E-state index contributed by atoms with van der Waals surface area (Å²) < 4.78 is 26.8. The lowest BCUT2D eigenvalue weighted by Crippen LogP contribution is -2.31. The maximum absolute atomic E-state index is 12.4. The lowest BCUT2D eigenvalue weighted by atomic mass is 10.2. The van der Waals surface area contributed by atoms with Crippen LogP contribution in [0.4, 0.5) is 0 Å². The van der Waals surface area contributed by atoms with E-state index in [4.69, 9.17) is 5.11 Å². The Kier molecular flexibility index (Phi) is 6.83. The number of unbranched alkanes of at least 4 members (excludes halogenated alkanes) is 1. The predicted molar refractivity (Wildman–Crippen MR) is 99.5 cm³/mol. The summed E-state index contributed by atoms with van der Waals surface area (Å²) in [7, 11) is -4.24. The third-order valence-electron chi connectivity index (χ3n) is 3.69. The molecule has 148 valence electrons. The first-order valence-electron chi connectivity index (χ1n) is 8.39. The van der Waals surface area contributed by atoms with Gasteiger partial charge in [0.25, 0.3) is 21.8 Å². The summed E-state index contributed by atoms with van der Waals surface area (Å²) in [4.78, 5) is 38.3. The molecule has 0 aliphatic heterocycles. The number of hydrogen-bond acceptors (Lipinski definition) is 6. The number of sulfonamides is 1. The molecule has 0 fully saturated rings. The van der Waals surface area contributed by atoms with Gasteiger partial charge in [-0.1, -0.05) is 19.4 Å². The standard InChI is InChI=1S/C18H19N3O6S/c1-2-3-9-19-16(22)12-5-4-6-14(10-12)28(26,27)21-17(23)13-7-8-15(18(24)25)20-11-13/h4-8,10-11H,2-3,9H2,1H3,(H,19,22)(H,21,23)(H,24,25). The van der Waals surface area contributed by atoms with Crippen molar-refractivity contribution in [2.45, 2.75) is 24.7 Å². The number of hydrogen-bond donors (Lipinski definition) is 3. The number of amides is 2. The summed E-state index contributed by atoms with van der Waals surface area (Å²) in [6.07, 6.45) is 2.67. The van der Waals surface area contributed by atoms with Crippen LogP contribution in [0.5, 0.6) is 0 Å². The number of rotatable bonds is 8. The van der Waals surface area contributed by atoms with E-state index >= 15 is 0 Å². The fourth-order valence-electron chi connectivity index (χ4n) is 2.18. The molecule has 0 aliphatic rings. The number of carboxylic acids is 1. The fourth-order valence-corrected chi connectivity index (χ4v) is 3.20. The molecule has 2 rings (SSSR count). The Hall–Kier alpha value is -3.27. The lowest BCUT2D eigenvalue weighted by Gasteiger charge is -2.09. The van der Waals surface area contributed by atoms with Gasteiger partial charge in [-0.3, -0.25) is 9.59 Å². The molecule has 0 saturated carbocycles. The molecular weight excluding hydrogens is 386 g/mol. The van der Waals surface area contributed by atoms with E-state index in [1.807, 2.05) is 11.6 Å². The van der Waals surface area contributed by atoms with Crippen LogP contribution in [0.2, 0.25) is 0 Å². The van der Waals surface area contributed by atoms with Crippen LogP contribution >= 0.6 is 0 Å². The second-order valence-corrected chi connectivity index (χ2v) is 7.49. The number of aromatic nitrogens is 1. The molecule has 0 radical (unpaired) electrons. The highest BCUT2D eigenvalue weighted by atomic mass is 32.2. The zero-order valence-electron chi connectivity index (χ0n) is 15.0. The normalized spacial score (nSPS) is 10.9. The van der Waals surface area contributed by atoms with Crippen LogP contribution in [0, 0.1) is 0 Å². The molecule has 0 aliphatic carbocycles. The molecule has 2 aromatic rings. The van der Waals surface area contributed by atoms with Crippen molar-refractivity contribution >= 4 is 27.8 Å². The van der Waals surface area contributed by atoms with Crippen molar-refractivity contribution in [1.29, 1.82) is 0 Å². The van der Waals surface area contributed by atoms with E-state index in [9.17, 15) is 22.8 Å². The summed E-state index contributed by atoms with van der Waals surface area (Å²) in [5.74, 6) is -2.65. The number of nitrogens with zero attached hydrogens (tertiary/aromatic N) is 1. The van der Waals surface area contributed by atoms with E-state index in [0.29, 0.717) is 6.54 Å². The lowest BCUT2D eigenvalue weighted by molar-refractivity contribution is 0.0689. The monoisotopic (exact) mass is 405 g/mol. The third-order valence-corrected chi connectivity index (χ3v) is 5.02. The van der Waals surface area contributed by atoms with E-state index in [1.165, 1.54) is 24.3 Å². The quantitative estimate of drug-likeness (QED) is 0.564. The van der Waals surface area contributed by atoms with Gasteiger partial charge in [0.05, 0.1) is 10.5 Å². The molecule has 0 spiro atoms. The molecule has 3 N–H and O–H groups in total. The third kappa shape index (κ3) is 5.36. The van der Waals surface area contributed by atoms with Crippen molar-refractivity contribution in [1.82, 2.24) is 15.0 Å². The summed E-state index contributed by atoms with van der Waals surface area (Å²) in [6, 6.07) is 7.53. The minimum atomic E-state index is -4.24. The predicted octanol–water partition coefficient (Wildman–Crippen LogP) is 1.43. The highest BCUT2D eigenvalue weighted by molar-refractivity contribution is 7.90. The smallest absolute Gasteiger partial charge is 0.354 e. The molecule has 2 amide bonds. The highest BCUT2D eigenvalue weighted by Crippen LogP contribution is 2.13. The largest absolute Gasteiger partial charge is 0.477 e. The fraction of sp³-hybridized carbons (Fsp3) is 0.222. The van der Waals surface area contributed by atoms with E-state index < -0.39 is 27.8 Å².